The first-order valence-electron chi connectivity index (χ1n) is 13.0. The third-order valence-corrected chi connectivity index (χ3v) is 7.78. The summed E-state index contributed by atoms with van der Waals surface area (Å²) in [5, 5.41) is 19.6. The maximum absolute atomic E-state index is 6.80. The zero-order chi connectivity index (χ0) is 27.6. The fourth-order valence-corrected chi connectivity index (χ4v) is 5.80. The van der Waals surface area contributed by atoms with Crippen LogP contribution in [0.25, 0.3) is 0 Å². The predicted octanol–water partition coefficient (Wildman–Crippen LogP) is 6.67. The summed E-state index contributed by atoms with van der Waals surface area (Å²) < 4.78 is 10.1. The van der Waals surface area contributed by atoms with Crippen LogP contribution in [0.2, 0.25) is 15.1 Å². The Labute approximate surface area is 243 Å². The molecular formula is C27H31Cl3N8O. The summed E-state index contributed by atoms with van der Waals surface area (Å²) in [6, 6.07) is 12.2. The Morgan fingerprint density at radius 2 is 1.64 bits per heavy atom. The highest BCUT2D eigenvalue weighted by Crippen LogP contribution is 2.43. The first-order valence-corrected chi connectivity index (χ1v) is 14.1. The van der Waals surface area contributed by atoms with E-state index in [1.54, 1.807) is 29.2 Å². The highest BCUT2D eigenvalue weighted by Gasteiger charge is 2.42. The third-order valence-electron chi connectivity index (χ3n) is 6.96. The summed E-state index contributed by atoms with van der Waals surface area (Å²) >= 11 is 19.2. The number of benzene rings is 2. The molecule has 1 aliphatic rings. The monoisotopic (exact) mass is 588 g/mol. The van der Waals surface area contributed by atoms with Crippen molar-refractivity contribution in [3.63, 3.8) is 0 Å². The SMILES string of the molecule is CC(C)(C)[C@H]([C@@H](Oc1ccc(Cl)cc1)n1cncn1)n1nnnc1[C@H](c1ccc(Cl)cc1Cl)N1CCCCC1. The van der Waals surface area contributed by atoms with Crippen molar-refractivity contribution >= 4 is 34.8 Å². The van der Waals surface area contributed by atoms with Crippen LogP contribution >= 0.6 is 34.8 Å². The van der Waals surface area contributed by atoms with Gasteiger partial charge in [-0.15, -0.1) is 5.10 Å². The fourth-order valence-electron chi connectivity index (χ4n) is 5.16. The molecule has 2 aromatic heterocycles. The number of ether oxygens (including phenoxy) is 1. The van der Waals surface area contributed by atoms with Gasteiger partial charge in [-0.05, 0) is 83.7 Å². The Kier molecular flexibility index (Phi) is 8.42. The molecule has 5 rings (SSSR count). The molecule has 0 N–H and O–H groups in total. The first-order chi connectivity index (χ1) is 18.7. The molecule has 1 aliphatic heterocycles. The first kappa shape index (κ1) is 27.8. The summed E-state index contributed by atoms with van der Waals surface area (Å²) in [4.78, 5) is 6.59. The molecule has 12 heteroatoms. The van der Waals surface area contributed by atoms with Crippen molar-refractivity contribution in [1.82, 2.24) is 39.9 Å². The number of halogens is 3. The van der Waals surface area contributed by atoms with Crippen LogP contribution in [0, 0.1) is 5.41 Å². The van der Waals surface area contributed by atoms with Gasteiger partial charge in [-0.1, -0.05) is 68.1 Å². The number of tetrazole rings is 1. The zero-order valence-electron chi connectivity index (χ0n) is 22.1. The standard InChI is InChI=1S/C27H31Cl3N8O/c1-27(2,3)24(26(37-17-31-16-32-37)39-20-10-7-18(28)8-11-20)38-25(33-34-35-38)23(36-13-5-4-6-14-36)21-12-9-19(29)15-22(21)30/h7-12,15-17,23-24,26H,4-6,13-14H2,1-3H3/t23-,24-,26+/m0/s1. The summed E-state index contributed by atoms with van der Waals surface area (Å²) in [6.07, 6.45) is 5.87. The highest BCUT2D eigenvalue weighted by atomic mass is 35.5. The van der Waals surface area contributed by atoms with Gasteiger partial charge < -0.3 is 4.74 Å². The van der Waals surface area contributed by atoms with E-state index < -0.39 is 12.3 Å². The van der Waals surface area contributed by atoms with Gasteiger partial charge in [-0.25, -0.2) is 14.3 Å². The molecule has 0 saturated carbocycles. The minimum absolute atomic E-state index is 0.276. The van der Waals surface area contributed by atoms with Crippen LogP contribution in [0.15, 0.2) is 55.1 Å². The average molecular weight is 590 g/mol. The van der Waals surface area contributed by atoms with E-state index in [0.717, 1.165) is 31.5 Å². The quantitative estimate of drug-likeness (QED) is 0.227. The van der Waals surface area contributed by atoms with Crippen LogP contribution < -0.4 is 4.74 Å². The molecule has 3 heterocycles. The number of rotatable bonds is 8. The largest absolute Gasteiger partial charge is 0.466 e. The summed E-state index contributed by atoms with van der Waals surface area (Å²) in [5.41, 5.74) is 0.534. The topological polar surface area (TPSA) is 86.8 Å². The molecule has 2 aromatic carbocycles. The minimum atomic E-state index is -0.626. The van der Waals surface area contributed by atoms with E-state index in [-0.39, 0.29) is 11.5 Å². The third kappa shape index (κ3) is 6.22. The number of aromatic nitrogens is 7. The molecule has 0 unspecified atom stereocenters. The lowest BCUT2D eigenvalue weighted by Gasteiger charge is -2.39. The van der Waals surface area contributed by atoms with E-state index in [2.05, 4.69) is 51.3 Å². The molecule has 4 aromatic rings. The van der Waals surface area contributed by atoms with Crippen molar-refractivity contribution in [2.75, 3.05) is 13.1 Å². The molecule has 3 atom stereocenters. The molecule has 9 nitrogen and oxygen atoms in total. The Bertz CT molecular complexity index is 1360. The van der Waals surface area contributed by atoms with Crippen LogP contribution in [0.4, 0.5) is 0 Å². The zero-order valence-corrected chi connectivity index (χ0v) is 24.4. The molecule has 0 aliphatic carbocycles. The van der Waals surface area contributed by atoms with Crippen LogP contribution in [0.5, 0.6) is 5.75 Å². The van der Waals surface area contributed by atoms with E-state index >= 15 is 0 Å². The molecule has 0 amide bonds. The average Bonchev–Trinajstić information content (AvgIpc) is 3.59. The second kappa shape index (κ2) is 11.8. The lowest BCUT2D eigenvalue weighted by atomic mass is 9.85. The number of likely N-dealkylation sites (tertiary alicyclic amines) is 1. The van der Waals surface area contributed by atoms with Gasteiger partial charge in [0, 0.05) is 15.1 Å². The van der Waals surface area contributed by atoms with E-state index in [0.29, 0.717) is 26.6 Å². The maximum atomic E-state index is 6.80. The number of hydrogen-bond donors (Lipinski definition) is 0. The second-order valence-electron chi connectivity index (χ2n) is 10.8. The molecule has 0 radical (unpaired) electrons. The van der Waals surface area contributed by atoms with Gasteiger partial charge in [0.05, 0.1) is 6.04 Å². The van der Waals surface area contributed by atoms with Gasteiger partial charge in [-0.2, -0.15) is 5.10 Å². The van der Waals surface area contributed by atoms with Gasteiger partial charge in [0.15, 0.2) is 5.82 Å². The molecule has 0 spiro atoms. The predicted molar refractivity (Wildman–Crippen MR) is 151 cm³/mol. The summed E-state index contributed by atoms with van der Waals surface area (Å²) in [5.74, 6) is 1.31. The van der Waals surface area contributed by atoms with Gasteiger partial charge in [0.1, 0.15) is 24.4 Å². The Morgan fingerprint density at radius 1 is 0.923 bits per heavy atom. The molecule has 206 valence electrons. The Balaban J connectivity index is 1.64. The van der Waals surface area contributed by atoms with Crippen molar-refractivity contribution in [3.8, 4) is 5.75 Å². The number of nitrogens with zero attached hydrogens (tertiary/aromatic N) is 8. The van der Waals surface area contributed by atoms with E-state index in [1.165, 1.54) is 12.7 Å². The molecule has 1 fully saturated rings. The van der Waals surface area contributed by atoms with Crippen LogP contribution in [0.1, 0.15) is 69.7 Å². The second-order valence-corrected chi connectivity index (χ2v) is 12.1. The summed E-state index contributed by atoms with van der Waals surface area (Å²) in [6.45, 7) is 8.20. The lowest BCUT2D eigenvalue weighted by molar-refractivity contribution is -0.00232. The molecule has 39 heavy (non-hydrogen) atoms. The van der Waals surface area contributed by atoms with Crippen molar-refractivity contribution in [2.45, 2.75) is 58.3 Å². The van der Waals surface area contributed by atoms with E-state index in [1.807, 2.05) is 28.9 Å². The molecule has 1 saturated heterocycles. The lowest BCUT2D eigenvalue weighted by Crippen LogP contribution is -2.41. The Hall–Kier alpha value is -2.72. The van der Waals surface area contributed by atoms with Crippen molar-refractivity contribution in [3.05, 3.63) is 81.6 Å². The van der Waals surface area contributed by atoms with Gasteiger partial charge in [-0.3, -0.25) is 4.90 Å². The summed E-state index contributed by atoms with van der Waals surface area (Å²) in [7, 11) is 0. The van der Waals surface area contributed by atoms with Gasteiger partial charge in [0.25, 0.3) is 0 Å². The number of piperidine rings is 1. The van der Waals surface area contributed by atoms with Crippen molar-refractivity contribution in [1.29, 1.82) is 0 Å². The van der Waals surface area contributed by atoms with Crippen LogP contribution in [0.3, 0.4) is 0 Å². The fraction of sp³-hybridized carbons (Fsp3) is 0.444. The van der Waals surface area contributed by atoms with Crippen molar-refractivity contribution in [2.24, 2.45) is 5.41 Å². The van der Waals surface area contributed by atoms with E-state index in [9.17, 15) is 0 Å². The smallest absolute Gasteiger partial charge is 0.215 e. The van der Waals surface area contributed by atoms with Crippen LogP contribution in [-0.2, 0) is 0 Å². The van der Waals surface area contributed by atoms with E-state index in [4.69, 9.17) is 39.5 Å². The van der Waals surface area contributed by atoms with Gasteiger partial charge in [0.2, 0.25) is 6.23 Å². The molecule has 0 bridgehead atoms. The highest BCUT2D eigenvalue weighted by molar-refractivity contribution is 6.35. The Morgan fingerprint density at radius 3 is 2.28 bits per heavy atom. The maximum Gasteiger partial charge on any atom is 0.215 e. The minimum Gasteiger partial charge on any atom is -0.466 e. The number of hydrogen-bond acceptors (Lipinski definition) is 7. The molecular weight excluding hydrogens is 559 g/mol. The van der Waals surface area contributed by atoms with Gasteiger partial charge >= 0.3 is 0 Å². The van der Waals surface area contributed by atoms with Crippen LogP contribution in [-0.4, -0.2) is 53.0 Å². The van der Waals surface area contributed by atoms with Crippen molar-refractivity contribution < 1.29 is 4.74 Å². The normalized spacial score (nSPS) is 17.1.